The lowest BCUT2D eigenvalue weighted by Gasteiger charge is -2.18. The van der Waals surface area contributed by atoms with E-state index in [4.69, 9.17) is 9.47 Å². The normalized spacial score (nSPS) is 21.6. The zero-order valence-electron chi connectivity index (χ0n) is 15.4. The molecule has 4 heterocycles. The van der Waals surface area contributed by atoms with Gasteiger partial charge in [0.05, 0.1) is 25.8 Å². The molecule has 2 aliphatic rings. The van der Waals surface area contributed by atoms with Gasteiger partial charge in [-0.25, -0.2) is 19.6 Å². The van der Waals surface area contributed by atoms with Crippen molar-refractivity contribution in [3.8, 4) is 17.6 Å². The van der Waals surface area contributed by atoms with E-state index in [0.717, 1.165) is 36.1 Å². The minimum atomic E-state index is 0.247. The van der Waals surface area contributed by atoms with Gasteiger partial charge in [0.25, 0.3) is 0 Å². The second-order valence-electron chi connectivity index (χ2n) is 7.12. The maximum absolute atomic E-state index is 5.38. The van der Waals surface area contributed by atoms with Gasteiger partial charge < -0.3 is 14.4 Å². The molecule has 5 rings (SSSR count). The Labute approximate surface area is 156 Å². The van der Waals surface area contributed by atoms with E-state index in [9.17, 15) is 0 Å². The van der Waals surface area contributed by atoms with Crippen molar-refractivity contribution in [3.05, 3.63) is 18.7 Å². The average molecular weight is 367 g/mol. The van der Waals surface area contributed by atoms with Crippen molar-refractivity contribution in [2.45, 2.75) is 19.3 Å². The number of nitrogens with zero attached hydrogens (tertiary/aromatic N) is 7. The highest BCUT2D eigenvalue weighted by Crippen LogP contribution is 2.40. The van der Waals surface area contributed by atoms with Gasteiger partial charge in [0.1, 0.15) is 17.8 Å². The highest BCUT2D eigenvalue weighted by molar-refractivity contribution is 5.87. The Bertz CT molecular complexity index is 977. The smallest absolute Gasteiger partial charge is 0.319 e. The van der Waals surface area contributed by atoms with Crippen molar-refractivity contribution in [1.82, 2.24) is 29.7 Å². The molecule has 9 nitrogen and oxygen atoms in total. The van der Waals surface area contributed by atoms with Crippen molar-refractivity contribution in [3.63, 3.8) is 0 Å². The number of aromatic nitrogens is 6. The second kappa shape index (κ2) is 6.33. The topological polar surface area (TPSA) is 91.1 Å². The third-order valence-electron chi connectivity index (χ3n) is 5.66. The number of fused-ring (bicyclic) bond motifs is 2. The van der Waals surface area contributed by atoms with Crippen LogP contribution in [0.25, 0.3) is 16.7 Å². The van der Waals surface area contributed by atoms with Crippen LogP contribution in [0.15, 0.2) is 18.7 Å². The van der Waals surface area contributed by atoms with Crippen LogP contribution in [0.3, 0.4) is 0 Å². The molecule has 1 saturated carbocycles. The van der Waals surface area contributed by atoms with Gasteiger partial charge in [-0.1, -0.05) is 6.42 Å². The Hall–Kier alpha value is -2.97. The summed E-state index contributed by atoms with van der Waals surface area (Å²) in [7, 11) is 3.08. The molecular formula is C18H21N7O2. The largest absolute Gasteiger partial charge is 0.479 e. The number of hydrogen-bond acceptors (Lipinski definition) is 8. The van der Waals surface area contributed by atoms with E-state index in [-0.39, 0.29) is 6.01 Å². The summed E-state index contributed by atoms with van der Waals surface area (Å²) in [5.41, 5.74) is 1.27. The lowest BCUT2D eigenvalue weighted by molar-refractivity contribution is 0.350. The summed E-state index contributed by atoms with van der Waals surface area (Å²) in [6.45, 7) is 2.13. The van der Waals surface area contributed by atoms with Crippen LogP contribution < -0.4 is 14.4 Å². The van der Waals surface area contributed by atoms with Crippen LogP contribution in [0.4, 0.5) is 5.82 Å². The van der Waals surface area contributed by atoms with E-state index in [2.05, 4.69) is 29.9 Å². The lowest BCUT2D eigenvalue weighted by Crippen LogP contribution is -2.22. The number of hydrogen-bond donors (Lipinski definition) is 0. The fourth-order valence-electron chi connectivity index (χ4n) is 4.36. The van der Waals surface area contributed by atoms with Crippen LogP contribution in [0.1, 0.15) is 19.3 Å². The van der Waals surface area contributed by atoms with E-state index in [1.807, 2.05) is 6.20 Å². The van der Waals surface area contributed by atoms with E-state index >= 15 is 0 Å². The first-order valence-electron chi connectivity index (χ1n) is 9.17. The minimum absolute atomic E-state index is 0.247. The van der Waals surface area contributed by atoms with Gasteiger partial charge in [0.2, 0.25) is 5.88 Å². The van der Waals surface area contributed by atoms with Crippen molar-refractivity contribution in [1.29, 1.82) is 0 Å². The summed E-state index contributed by atoms with van der Waals surface area (Å²) in [6.07, 6.45) is 9.16. The monoisotopic (exact) mass is 367 g/mol. The maximum Gasteiger partial charge on any atom is 0.319 e. The molecule has 3 aromatic heterocycles. The molecule has 2 fully saturated rings. The lowest BCUT2D eigenvalue weighted by atomic mass is 10.0. The minimum Gasteiger partial charge on any atom is -0.479 e. The Morgan fingerprint density at radius 3 is 2.59 bits per heavy atom. The molecule has 0 spiro atoms. The molecule has 1 aliphatic heterocycles. The number of methoxy groups -OCH3 is 2. The number of rotatable bonds is 4. The van der Waals surface area contributed by atoms with Crippen LogP contribution in [-0.4, -0.2) is 57.0 Å². The zero-order valence-corrected chi connectivity index (χ0v) is 15.4. The predicted molar refractivity (Wildman–Crippen MR) is 98.4 cm³/mol. The van der Waals surface area contributed by atoms with E-state index in [1.54, 1.807) is 24.3 Å². The van der Waals surface area contributed by atoms with Gasteiger partial charge in [0.15, 0.2) is 5.65 Å². The summed E-state index contributed by atoms with van der Waals surface area (Å²) in [5, 5.41) is 5.52. The van der Waals surface area contributed by atoms with Crippen LogP contribution in [-0.2, 0) is 0 Å². The Morgan fingerprint density at radius 1 is 1.04 bits per heavy atom. The fourth-order valence-corrected chi connectivity index (χ4v) is 4.36. The first-order valence-corrected chi connectivity index (χ1v) is 9.17. The summed E-state index contributed by atoms with van der Waals surface area (Å²) in [5.74, 6) is 2.93. The Kier molecular flexibility index (Phi) is 3.80. The molecule has 0 aromatic carbocycles. The molecule has 0 N–H and O–H groups in total. The quantitative estimate of drug-likeness (QED) is 0.690. The van der Waals surface area contributed by atoms with Crippen molar-refractivity contribution in [2.75, 3.05) is 32.2 Å². The molecule has 0 unspecified atom stereocenters. The SMILES string of the molecule is COc1ncc(-n2cc3c(N4C[C@H]5CCC[C@H]5C4)ncnc3n2)c(OC)n1. The van der Waals surface area contributed by atoms with Gasteiger partial charge in [-0.2, -0.15) is 4.98 Å². The third-order valence-corrected chi connectivity index (χ3v) is 5.66. The van der Waals surface area contributed by atoms with Gasteiger partial charge >= 0.3 is 6.01 Å². The first kappa shape index (κ1) is 16.2. The molecule has 140 valence electrons. The predicted octanol–water partition coefficient (Wildman–Crippen LogP) is 1.86. The molecule has 0 radical (unpaired) electrons. The highest BCUT2D eigenvalue weighted by atomic mass is 16.5. The highest BCUT2D eigenvalue weighted by Gasteiger charge is 2.37. The maximum atomic E-state index is 5.38. The average Bonchev–Trinajstić information content (AvgIpc) is 3.41. The Balaban J connectivity index is 1.55. The van der Waals surface area contributed by atoms with E-state index in [0.29, 0.717) is 17.2 Å². The molecule has 0 bridgehead atoms. The van der Waals surface area contributed by atoms with Gasteiger partial charge in [0, 0.05) is 19.3 Å². The van der Waals surface area contributed by atoms with Crippen LogP contribution in [0.5, 0.6) is 11.9 Å². The molecule has 9 heteroatoms. The number of ether oxygens (including phenoxy) is 2. The fraction of sp³-hybridized carbons (Fsp3) is 0.500. The second-order valence-corrected chi connectivity index (χ2v) is 7.12. The molecular weight excluding hydrogens is 346 g/mol. The van der Waals surface area contributed by atoms with Crippen molar-refractivity contribution >= 4 is 16.9 Å². The summed E-state index contributed by atoms with van der Waals surface area (Å²) in [6, 6.07) is 0.247. The zero-order chi connectivity index (χ0) is 18.4. The molecule has 0 amide bonds. The third kappa shape index (κ3) is 2.65. The van der Waals surface area contributed by atoms with Gasteiger partial charge in [-0.15, -0.1) is 5.10 Å². The molecule has 2 atom stereocenters. The van der Waals surface area contributed by atoms with Crippen molar-refractivity contribution in [2.24, 2.45) is 11.8 Å². The summed E-state index contributed by atoms with van der Waals surface area (Å²) >= 11 is 0. The molecule has 3 aromatic rings. The summed E-state index contributed by atoms with van der Waals surface area (Å²) < 4.78 is 12.1. The van der Waals surface area contributed by atoms with E-state index < -0.39 is 0 Å². The van der Waals surface area contributed by atoms with Crippen LogP contribution >= 0.6 is 0 Å². The molecule has 27 heavy (non-hydrogen) atoms. The van der Waals surface area contributed by atoms with Crippen LogP contribution in [0.2, 0.25) is 0 Å². The standard InChI is InChI=1S/C18H21N7O2/c1-26-17-14(6-19-18(22-17)27-2)25-9-13-15(23-25)20-10-21-16(13)24-7-11-4-3-5-12(11)8-24/h6,9-12H,3-5,7-8H2,1-2H3/t11-,12+. The molecule has 1 saturated heterocycles. The Morgan fingerprint density at radius 2 is 1.85 bits per heavy atom. The van der Waals surface area contributed by atoms with E-state index in [1.165, 1.54) is 26.4 Å². The first-order chi connectivity index (χ1) is 13.3. The van der Waals surface area contributed by atoms with Crippen molar-refractivity contribution < 1.29 is 9.47 Å². The summed E-state index contributed by atoms with van der Waals surface area (Å²) in [4.78, 5) is 19.7. The van der Waals surface area contributed by atoms with Gasteiger partial charge in [-0.05, 0) is 24.7 Å². The molecule has 1 aliphatic carbocycles. The van der Waals surface area contributed by atoms with Gasteiger partial charge in [-0.3, -0.25) is 0 Å². The van der Waals surface area contributed by atoms with Crippen LogP contribution in [0, 0.1) is 11.8 Å². The number of anilines is 1.